The Kier molecular flexibility index (Phi) is 1.42. The minimum Gasteiger partial charge on any atom is -0.481 e. The van der Waals surface area contributed by atoms with Gasteiger partial charge in [0.1, 0.15) is 0 Å². The number of carboxylic acids is 1. The standard InChI is InChI=1S/C8H13NO2/c10-7(11)6-3-8(4-6)1-2-9-5-8/h6,9H,1-5H2,(H,10,11). The van der Waals surface area contributed by atoms with Crippen molar-refractivity contribution in [2.24, 2.45) is 11.3 Å². The molecule has 0 aromatic rings. The highest BCUT2D eigenvalue weighted by Gasteiger charge is 2.48. The van der Waals surface area contributed by atoms with Crippen molar-refractivity contribution >= 4 is 5.97 Å². The van der Waals surface area contributed by atoms with E-state index >= 15 is 0 Å². The van der Waals surface area contributed by atoms with Crippen LogP contribution in [0.2, 0.25) is 0 Å². The van der Waals surface area contributed by atoms with E-state index in [0.29, 0.717) is 5.41 Å². The molecule has 0 bridgehead atoms. The van der Waals surface area contributed by atoms with Crippen LogP contribution in [0.25, 0.3) is 0 Å². The molecule has 2 N–H and O–H groups in total. The fourth-order valence-corrected chi connectivity index (χ4v) is 2.30. The molecule has 2 rings (SSSR count). The Labute approximate surface area is 65.8 Å². The van der Waals surface area contributed by atoms with E-state index in [0.717, 1.165) is 25.9 Å². The average molecular weight is 155 g/mol. The molecule has 2 fully saturated rings. The summed E-state index contributed by atoms with van der Waals surface area (Å²) < 4.78 is 0. The Balaban J connectivity index is 1.91. The summed E-state index contributed by atoms with van der Waals surface area (Å²) in [6, 6.07) is 0. The maximum atomic E-state index is 10.5. The van der Waals surface area contributed by atoms with Gasteiger partial charge in [-0.1, -0.05) is 0 Å². The van der Waals surface area contributed by atoms with Crippen LogP contribution in [0, 0.1) is 11.3 Å². The van der Waals surface area contributed by atoms with Gasteiger partial charge < -0.3 is 10.4 Å². The number of carboxylic acid groups (broad SMARTS) is 1. The summed E-state index contributed by atoms with van der Waals surface area (Å²) >= 11 is 0. The van der Waals surface area contributed by atoms with Gasteiger partial charge in [-0.25, -0.2) is 0 Å². The van der Waals surface area contributed by atoms with Crippen LogP contribution < -0.4 is 5.32 Å². The van der Waals surface area contributed by atoms with Crippen LogP contribution in [0.1, 0.15) is 19.3 Å². The Morgan fingerprint density at radius 3 is 2.73 bits per heavy atom. The molecule has 0 aromatic carbocycles. The summed E-state index contributed by atoms with van der Waals surface area (Å²) in [6.07, 6.45) is 2.97. The summed E-state index contributed by atoms with van der Waals surface area (Å²) in [5, 5.41) is 11.9. The van der Waals surface area contributed by atoms with Crippen LogP contribution in [-0.2, 0) is 4.79 Å². The SMILES string of the molecule is O=C(O)C1CC2(CCNC2)C1. The molecule has 1 aliphatic heterocycles. The largest absolute Gasteiger partial charge is 0.481 e. The summed E-state index contributed by atoms with van der Waals surface area (Å²) in [7, 11) is 0. The predicted molar refractivity (Wildman–Crippen MR) is 40.3 cm³/mol. The van der Waals surface area contributed by atoms with E-state index in [9.17, 15) is 4.79 Å². The quantitative estimate of drug-likeness (QED) is 0.578. The Morgan fingerprint density at radius 1 is 1.55 bits per heavy atom. The van der Waals surface area contributed by atoms with E-state index in [1.165, 1.54) is 6.42 Å². The topological polar surface area (TPSA) is 49.3 Å². The number of carbonyl (C=O) groups is 1. The molecule has 3 nitrogen and oxygen atoms in total. The normalized spacial score (nSPS) is 42.4. The Hall–Kier alpha value is -0.570. The summed E-state index contributed by atoms with van der Waals surface area (Å²) in [6.45, 7) is 2.11. The Morgan fingerprint density at radius 2 is 2.27 bits per heavy atom. The fraction of sp³-hybridized carbons (Fsp3) is 0.875. The van der Waals surface area contributed by atoms with Gasteiger partial charge in [-0.2, -0.15) is 0 Å². The number of hydrogen-bond acceptors (Lipinski definition) is 2. The van der Waals surface area contributed by atoms with E-state index in [1.807, 2.05) is 0 Å². The van der Waals surface area contributed by atoms with Crippen molar-refractivity contribution < 1.29 is 9.90 Å². The maximum Gasteiger partial charge on any atom is 0.306 e. The van der Waals surface area contributed by atoms with Crippen molar-refractivity contribution in [2.45, 2.75) is 19.3 Å². The summed E-state index contributed by atoms with van der Waals surface area (Å²) in [5.74, 6) is -0.655. The minimum atomic E-state index is -0.609. The summed E-state index contributed by atoms with van der Waals surface area (Å²) in [5.41, 5.74) is 0.378. The van der Waals surface area contributed by atoms with Gasteiger partial charge in [0.05, 0.1) is 5.92 Å². The summed E-state index contributed by atoms with van der Waals surface area (Å²) in [4.78, 5) is 10.5. The van der Waals surface area contributed by atoms with Crippen molar-refractivity contribution in [3.8, 4) is 0 Å². The first-order valence-electron chi connectivity index (χ1n) is 4.15. The lowest BCUT2D eigenvalue weighted by Gasteiger charge is -2.42. The first kappa shape index (κ1) is 7.10. The van der Waals surface area contributed by atoms with Crippen LogP contribution in [0.4, 0.5) is 0 Å². The molecule has 0 amide bonds. The van der Waals surface area contributed by atoms with E-state index in [-0.39, 0.29) is 5.92 Å². The first-order chi connectivity index (χ1) is 5.22. The van der Waals surface area contributed by atoms with E-state index < -0.39 is 5.97 Å². The van der Waals surface area contributed by atoms with Crippen molar-refractivity contribution in [3.63, 3.8) is 0 Å². The number of rotatable bonds is 1. The Bertz CT molecular complexity index is 177. The molecule has 1 spiro atoms. The highest BCUT2D eigenvalue weighted by molar-refractivity contribution is 5.71. The van der Waals surface area contributed by atoms with Gasteiger partial charge in [-0.3, -0.25) is 4.79 Å². The second-order valence-electron chi connectivity index (χ2n) is 3.87. The third kappa shape index (κ3) is 1.03. The highest BCUT2D eigenvalue weighted by atomic mass is 16.4. The van der Waals surface area contributed by atoms with Gasteiger partial charge in [0.2, 0.25) is 0 Å². The van der Waals surface area contributed by atoms with Gasteiger partial charge in [0.15, 0.2) is 0 Å². The van der Waals surface area contributed by atoms with Gasteiger partial charge in [-0.05, 0) is 31.2 Å². The molecule has 0 aromatic heterocycles. The van der Waals surface area contributed by atoms with Crippen LogP contribution in [0.5, 0.6) is 0 Å². The zero-order valence-corrected chi connectivity index (χ0v) is 6.47. The predicted octanol–water partition coefficient (Wildman–Crippen LogP) is 0.461. The van der Waals surface area contributed by atoms with E-state index in [4.69, 9.17) is 5.11 Å². The number of nitrogens with one attached hydrogen (secondary N) is 1. The minimum absolute atomic E-state index is 0.0464. The number of hydrogen-bond donors (Lipinski definition) is 2. The molecule has 0 unspecified atom stereocenters. The van der Waals surface area contributed by atoms with Gasteiger partial charge in [0.25, 0.3) is 0 Å². The molecule has 0 atom stereocenters. The van der Waals surface area contributed by atoms with Gasteiger partial charge in [-0.15, -0.1) is 0 Å². The smallest absolute Gasteiger partial charge is 0.306 e. The average Bonchev–Trinajstić information content (AvgIpc) is 2.29. The zero-order chi connectivity index (χ0) is 7.90. The van der Waals surface area contributed by atoms with E-state index in [1.54, 1.807) is 0 Å². The molecule has 62 valence electrons. The van der Waals surface area contributed by atoms with Crippen LogP contribution >= 0.6 is 0 Å². The van der Waals surface area contributed by atoms with Crippen LogP contribution in [0.15, 0.2) is 0 Å². The lowest BCUT2D eigenvalue weighted by molar-refractivity contribution is -0.149. The van der Waals surface area contributed by atoms with Crippen molar-refractivity contribution in [1.29, 1.82) is 0 Å². The van der Waals surface area contributed by atoms with Crippen molar-refractivity contribution in [3.05, 3.63) is 0 Å². The lowest BCUT2D eigenvalue weighted by Crippen LogP contribution is -2.42. The fourth-order valence-electron chi connectivity index (χ4n) is 2.30. The van der Waals surface area contributed by atoms with Crippen molar-refractivity contribution in [1.82, 2.24) is 5.32 Å². The molecule has 1 aliphatic carbocycles. The zero-order valence-electron chi connectivity index (χ0n) is 6.47. The molecule has 3 heteroatoms. The molecule has 0 radical (unpaired) electrons. The van der Waals surface area contributed by atoms with E-state index in [2.05, 4.69) is 5.32 Å². The molecule has 11 heavy (non-hydrogen) atoms. The molecule has 1 saturated heterocycles. The molecule has 1 heterocycles. The lowest BCUT2D eigenvalue weighted by atomic mass is 9.61. The number of aliphatic carboxylic acids is 1. The second-order valence-corrected chi connectivity index (χ2v) is 3.87. The second kappa shape index (κ2) is 2.21. The third-order valence-corrected chi connectivity index (χ3v) is 3.04. The monoisotopic (exact) mass is 155 g/mol. The van der Waals surface area contributed by atoms with Gasteiger partial charge in [0, 0.05) is 6.54 Å². The van der Waals surface area contributed by atoms with Crippen molar-refractivity contribution in [2.75, 3.05) is 13.1 Å². The first-order valence-corrected chi connectivity index (χ1v) is 4.15. The van der Waals surface area contributed by atoms with Gasteiger partial charge >= 0.3 is 5.97 Å². The molecule has 2 aliphatic rings. The maximum absolute atomic E-state index is 10.5. The third-order valence-electron chi connectivity index (χ3n) is 3.04. The molecular weight excluding hydrogens is 142 g/mol. The molecule has 1 saturated carbocycles. The van der Waals surface area contributed by atoms with Crippen LogP contribution in [0.3, 0.4) is 0 Å². The van der Waals surface area contributed by atoms with Crippen LogP contribution in [-0.4, -0.2) is 24.2 Å². The molecular formula is C8H13NO2. The highest BCUT2D eigenvalue weighted by Crippen LogP contribution is 2.49.